The minimum atomic E-state index is -3.70. The molecular formula is C15H15NO4S. The molecule has 0 bridgehead atoms. The first-order valence-corrected chi connectivity index (χ1v) is 7.72. The monoisotopic (exact) mass is 305 g/mol. The Labute approximate surface area is 123 Å². The van der Waals surface area contributed by atoms with Gasteiger partial charge in [0.05, 0.1) is 16.1 Å². The number of sulfonamides is 1. The molecule has 6 heteroatoms. The van der Waals surface area contributed by atoms with Gasteiger partial charge in [0.1, 0.15) is 0 Å². The van der Waals surface area contributed by atoms with Gasteiger partial charge in [0.25, 0.3) is 10.0 Å². The molecule has 0 aliphatic carbocycles. The summed E-state index contributed by atoms with van der Waals surface area (Å²) >= 11 is 0. The lowest BCUT2D eigenvalue weighted by molar-refractivity contribution is 0.0697. The highest BCUT2D eigenvalue weighted by Gasteiger charge is 2.17. The number of anilines is 1. The molecule has 2 N–H and O–H groups in total. The van der Waals surface area contributed by atoms with Crippen molar-refractivity contribution in [3.63, 3.8) is 0 Å². The minimum absolute atomic E-state index is 0.117. The molecule has 0 atom stereocenters. The van der Waals surface area contributed by atoms with Gasteiger partial charge < -0.3 is 5.11 Å². The van der Waals surface area contributed by atoms with Gasteiger partial charge in [0.15, 0.2) is 0 Å². The Hall–Kier alpha value is -2.34. The van der Waals surface area contributed by atoms with Crippen molar-refractivity contribution in [1.82, 2.24) is 0 Å². The van der Waals surface area contributed by atoms with E-state index in [4.69, 9.17) is 5.11 Å². The molecule has 5 nitrogen and oxygen atoms in total. The topological polar surface area (TPSA) is 83.5 Å². The molecule has 0 fully saturated rings. The lowest BCUT2D eigenvalue weighted by Crippen LogP contribution is -2.15. The predicted molar refractivity (Wildman–Crippen MR) is 80.1 cm³/mol. The van der Waals surface area contributed by atoms with Crippen molar-refractivity contribution < 1.29 is 18.3 Å². The van der Waals surface area contributed by atoms with E-state index in [1.807, 2.05) is 0 Å². The molecule has 110 valence electrons. The van der Waals surface area contributed by atoms with Crippen molar-refractivity contribution in [2.24, 2.45) is 0 Å². The molecule has 0 spiro atoms. The van der Waals surface area contributed by atoms with Crippen LogP contribution in [-0.4, -0.2) is 19.5 Å². The van der Waals surface area contributed by atoms with Crippen LogP contribution in [0.2, 0.25) is 0 Å². The van der Waals surface area contributed by atoms with Crippen molar-refractivity contribution in [2.75, 3.05) is 4.72 Å². The molecule has 0 radical (unpaired) electrons. The quantitative estimate of drug-likeness (QED) is 0.909. The number of hydrogen-bond acceptors (Lipinski definition) is 3. The van der Waals surface area contributed by atoms with Crippen LogP contribution in [0.1, 0.15) is 21.5 Å². The van der Waals surface area contributed by atoms with Crippen molar-refractivity contribution in [3.8, 4) is 0 Å². The second kappa shape index (κ2) is 5.57. The van der Waals surface area contributed by atoms with E-state index in [1.54, 1.807) is 32.0 Å². The van der Waals surface area contributed by atoms with Crippen molar-refractivity contribution in [2.45, 2.75) is 18.7 Å². The van der Waals surface area contributed by atoms with E-state index < -0.39 is 16.0 Å². The third-order valence-corrected chi connectivity index (χ3v) is 4.63. The van der Waals surface area contributed by atoms with E-state index in [1.165, 1.54) is 24.3 Å². The summed E-state index contributed by atoms with van der Waals surface area (Å²) in [5.74, 6) is -1.05. The standard InChI is InChI=1S/C15H15NO4S/c1-10-5-3-4-6-14(10)21(19,20)16-13-8-7-12(15(17)18)9-11(13)2/h3-9,16H,1-2H3,(H,17,18). The molecule has 0 saturated carbocycles. The predicted octanol–water partition coefficient (Wildman–Crippen LogP) is 2.80. The van der Waals surface area contributed by atoms with Crippen LogP contribution in [0.15, 0.2) is 47.4 Å². The Morgan fingerprint density at radius 3 is 2.29 bits per heavy atom. The van der Waals surface area contributed by atoms with E-state index in [9.17, 15) is 13.2 Å². The molecule has 0 aliphatic heterocycles. The maximum absolute atomic E-state index is 12.4. The van der Waals surface area contributed by atoms with Crippen LogP contribution in [0.5, 0.6) is 0 Å². The molecule has 0 aromatic heterocycles. The van der Waals surface area contributed by atoms with Crippen molar-refractivity contribution >= 4 is 21.7 Å². The van der Waals surface area contributed by atoms with Crippen LogP contribution in [0.25, 0.3) is 0 Å². The Morgan fingerprint density at radius 1 is 1.05 bits per heavy atom. The van der Waals surface area contributed by atoms with Gasteiger partial charge in [-0.1, -0.05) is 18.2 Å². The third kappa shape index (κ3) is 3.22. The van der Waals surface area contributed by atoms with Gasteiger partial charge >= 0.3 is 5.97 Å². The fourth-order valence-electron chi connectivity index (χ4n) is 1.97. The van der Waals surface area contributed by atoms with Crippen molar-refractivity contribution in [1.29, 1.82) is 0 Å². The number of aryl methyl sites for hydroxylation is 2. The highest BCUT2D eigenvalue weighted by atomic mass is 32.2. The van der Waals surface area contributed by atoms with E-state index in [0.29, 0.717) is 16.8 Å². The summed E-state index contributed by atoms with van der Waals surface area (Å²) in [5, 5.41) is 8.91. The number of hydrogen-bond donors (Lipinski definition) is 2. The molecule has 0 unspecified atom stereocenters. The molecule has 0 heterocycles. The smallest absolute Gasteiger partial charge is 0.335 e. The summed E-state index contributed by atoms with van der Waals surface area (Å²) in [6.45, 7) is 3.37. The number of carboxylic acids is 1. The SMILES string of the molecule is Cc1cc(C(=O)O)ccc1NS(=O)(=O)c1ccccc1C. The van der Waals surface area contributed by atoms with Crippen LogP contribution in [-0.2, 0) is 10.0 Å². The van der Waals surface area contributed by atoms with Crippen LogP contribution in [0.3, 0.4) is 0 Å². The molecule has 21 heavy (non-hydrogen) atoms. The van der Waals surface area contributed by atoms with E-state index in [0.717, 1.165) is 0 Å². The Bertz CT molecular complexity index is 797. The zero-order chi connectivity index (χ0) is 15.6. The lowest BCUT2D eigenvalue weighted by Gasteiger charge is -2.12. The largest absolute Gasteiger partial charge is 0.478 e. The fourth-order valence-corrected chi connectivity index (χ4v) is 3.35. The molecule has 0 saturated heterocycles. The lowest BCUT2D eigenvalue weighted by atomic mass is 10.1. The van der Waals surface area contributed by atoms with E-state index in [2.05, 4.69) is 4.72 Å². The summed E-state index contributed by atoms with van der Waals surface area (Å²) in [6.07, 6.45) is 0. The molecule has 2 aromatic carbocycles. The fraction of sp³-hybridized carbons (Fsp3) is 0.133. The third-order valence-electron chi connectivity index (χ3n) is 3.10. The second-order valence-corrected chi connectivity index (χ2v) is 6.36. The first-order valence-electron chi connectivity index (χ1n) is 6.23. The summed E-state index contributed by atoms with van der Waals surface area (Å²) in [5.41, 5.74) is 1.67. The minimum Gasteiger partial charge on any atom is -0.478 e. The maximum atomic E-state index is 12.4. The van der Waals surface area contributed by atoms with Crippen LogP contribution >= 0.6 is 0 Å². The van der Waals surface area contributed by atoms with Gasteiger partial charge in [0, 0.05) is 0 Å². The van der Waals surface area contributed by atoms with Crippen molar-refractivity contribution in [3.05, 3.63) is 59.2 Å². The molecule has 0 aliphatic rings. The number of benzene rings is 2. The zero-order valence-corrected chi connectivity index (χ0v) is 12.4. The molecule has 0 amide bonds. The summed E-state index contributed by atoms with van der Waals surface area (Å²) in [4.78, 5) is 11.1. The van der Waals surface area contributed by atoms with Gasteiger partial charge in [-0.25, -0.2) is 13.2 Å². The maximum Gasteiger partial charge on any atom is 0.335 e. The Balaban J connectivity index is 2.38. The van der Waals surface area contributed by atoms with Gasteiger partial charge in [0.2, 0.25) is 0 Å². The second-order valence-electron chi connectivity index (χ2n) is 4.71. The molecular weight excluding hydrogens is 290 g/mol. The average molecular weight is 305 g/mol. The van der Waals surface area contributed by atoms with Gasteiger partial charge in [-0.05, 0) is 49.2 Å². The van der Waals surface area contributed by atoms with Crippen LogP contribution in [0, 0.1) is 13.8 Å². The number of aromatic carboxylic acids is 1. The number of rotatable bonds is 4. The highest BCUT2D eigenvalue weighted by Crippen LogP contribution is 2.22. The highest BCUT2D eigenvalue weighted by molar-refractivity contribution is 7.92. The summed E-state index contributed by atoms with van der Waals surface area (Å²) in [6, 6.07) is 10.9. The van der Waals surface area contributed by atoms with Gasteiger partial charge in [-0.2, -0.15) is 0 Å². The zero-order valence-electron chi connectivity index (χ0n) is 11.6. The first-order chi connectivity index (χ1) is 9.81. The number of nitrogens with one attached hydrogen (secondary N) is 1. The first kappa shape index (κ1) is 15.1. The Morgan fingerprint density at radius 2 is 1.71 bits per heavy atom. The summed E-state index contributed by atoms with van der Waals surface area (Å²) < 4.78 is 27.2. The van der Waals surface area contributed by atoms with E-state index >= 15 is 0 Å². The molecule has 2 rings (SSSR count). The van der Waals surface area contributed by atoms with Gasteiger partial charge in [-0.15, -0.1) is 0 Å². The van der Waals surface area contributed by atoms with Crippen LogP contribution < -0.4 is 4.72 Å². The van der Waals surface area contributed by atoms with E-state index in [-0.39, 0.29) is 10.5 Å². The average Bonchev–Trinajstić information content (AvgIpc) is 2.41. The summed E-state index contributed by atoms with van der Waals surface area (Å²) in [7, 11) is -3.70. The number of carboxylic acid groups (broad SMARTS) is 1. The Kier molecular flexibility index (Phi) is 3.99. The normalized spacial score (nSPS) is 11.1. The molecule has 2 aromatic rings. The number of carbonyl (C=O) groups is 1. The van der Waals surface area contributed by atoms with Crippen LogP contribution in [0.4, 0.5) is 5.69 Å². The van der Waals surface area contributed by atoms with Gasteiger partial charge in [-0.3, -0.25) is 4.72 Å².